The van der Waals surface area contributed by atoms with Crippen molar-refractivity contribution in [3.05, 3.63) is 17.5 Å². The van der Waals surface area contributed by atoms with Gasteiger partial charge in [-0.05, 0) is 32.3 Å². The fourth-order valence-corrected chi connectivity index (χ4v) is 2.15. The maximum atomic E-state index is 10.2. The Hall–Kier alpha value is -0.830. The highest BCUT2D eigenvalue weighted by Crippen LogP contribution is 2.25. The van der Waals surface area contributed by atoms with Crippen LogP contribution in [-0.2, 0) is 6.54 Å². The van der Waals surface area contributed by atoms with Crippen molar-refractivity contribution < 1.29 is 5.11 Å². The van der Waals surface area contributed by atoms with Crippen LogP contribution in [0.1, 0.15) is 57.5 Å². The molecule has 0 radical (unpaired) electrons. The molecule has 0 aliphatic rings. The molecule has 0 saturated carbocycles. The molecule has 1 heterocycles. The van der Waals surface area contributed by atoms with Crippen LogP contribution >= 0.6 is 0 Å². The van der Waals surface area contributed by atoms with Crippen LogP contribution in [0.5, 0.6) is 0 Å². The molecule has 0 spiro atoms. The van der Waals surface area contributed by atoms with E-state index in [0.29, 0.717) is 5.92 Å². The van der Waals surface area contributed by atoms with E-state index >= 15 is 0 Å². The second-order valence-electron chi connectivity index (χ2n) is 4.46. The van der Waals surface area contributed by atoms with Crippen molar-refractivity contribution in [2.75, 3.05) is 0 Å². The van der Waals surface area contributed by atoms with Crippen LogP contribution in [0.4, 0.5) is 0 Å². The zero-order valence-corrected chi connectivity index (χ0v) is 10.9. The van der Waals surface area contributed by atoms with Crippen LogP contribution in [0.15, 0.2) is 6.07 Å². The Morgan fingerprint density at radius 1 is 1.31 bits per heavy atom. The molecule has 16 heavy (non-hydrogen) atoms. The van der Waals surface area contributed by atoms with E-state index in [1.165, 1.54) is 0 Å². The van der Waals surface area contributed by atoms with Crippen molar-refractivity contribution in [2.45, 2.75) is 59.6 Å². The average molecular weight is 224 g/mol. The minimum atomic E-state index is -0.369. The number of nitrogens with zero attached hydrogens (tertiary/aromatic N) is 2. The molecule has 92 valence electrons. The Bertz CT molecular complexity index is 316. The van der Waals surface area contributed by atoms with Gasteiger partial charge in [0.15, 0.2) is 0 Å². The van der Waals surface area contributed by atoms with E-state index in [2.05, 4.69) is 25.9 Å². The predicted octanol–water partition coefficient (Wildman–Crippen LogP) is 3.07. The van der Waals surface area contributed by atoms with Crippen molar-refractivity contribution in [3.8, 4) is 0 Å². The van der Waals surface area contributed by atoms with E-state index in [-0.39, 0.29) is 6.10 Å². The van der Waals surface area contributed by atoms with E-state index in [1.54, 1.807) is 0 Å². The van der Waals surface area contributed by atoms with Crippen LogP contribution in [-0.4, -0.2) is 14.9 Å². The Morgan fingerprint density at radius 3 is 2.44 bits per heavy atom. The molecular weight excluding hydrogens is 200 g/mol. The normalized spacial score (nSPS) is 13.4. The molecule has 1 unspecified atom stereocenters. The first-order valence-electron chi connectivity index (χ1n) is 6.34. The van der Waals surface area contributed by atoms with Gasteiger partial charge in [-0.2, -0.15) is 5.10 Å². The number of aliphatic hydroxyl groups is 1. The van der Waals surface area contributed by atoms with E-state index in [4.69, 9.17) is 0 Å². The topological polar surface area (TPSA) is 38.1 Å². The first-order valence-corrected chi connectivity index (χ1v) is 6.34. The fourth-order valence-electron chi connectivity index (χ4n) is 2.15. The fraction of sp³-hybridized carbons (Fsp3) is 0.769. The van der Waals surface area contributed by atoms with Crippen LogP contribution in [0.2, 0.25) is 0 Å². The number of hydrogen-bond donors (Lipinski definition) is 1. The third-order valence-corrected chi connectivity index (χ3v) is 3.29. The lowest BCUT2D eigenvalue weighted by Crippen LogP contribution is -2.11. The zero-order chi connectivity index (χ0) is 12.1. The lowest BCUT2D eigenvalue weighted by molar-refractivity contribution is 0.131. The summed E-state index contributed by atoms with van der Waals surface area (Å²) in [5.74, 6) is 0.607. The first-order chi connectivity index (χ1) is 7.62. The van der Waals surface area contributed by atoms with Gasteiger partial charge >= 0.3 is 0 Å². The van der Waals surface area contributed by atoms with Crippen LogP contribution in [0.25, 0.3) is 0 Å². The highest BCUT2D eigenvalue weighted by Gasteiger charge is 2.17. The molecule has 0 bridgehead atoms. The third-order valence-electron chi connectivity index (χ3n) is 3.29. The summed E-state index contributed by atoms with van der Waals surface area (Å²) in [5, 5.41) is 14.6. The maximum absolute atomic E-state index is 10.2. The molecule has 0 fully saturated rings. The molecule has 0 aliphatic heterocycles. The highest BCUT2D eigenvalue weighted by atomic mass is 16.3. The van der Waals surface area contributed by atoms with Gasteiger partial charge in [0, 0.05) is 6.54 Å². The molecule has 1 atom stereocenters. The predicted molar refractivity (Wildman–Crippen MR) is 66.3 cm³/mol. The summed E-state index contributed by atoms with van der Waals surface area (Å²) < 4.78 is 1.91. The minimum absolute atomic E-state index is 0.369. The van der Waals surface area contributed by atoms with Gasteiger partial charge in [0.05, 0.1) is 17.5 Å². The Labute approximate surface area is 98.5 Å². The number of aryl methyl sites for hydroxylation is 2. The van der Waals surface area contributed by atoms with Gasteiger partial charge in [0.1, 0.15) is 0 Å². The molecule has 3 heteroatoms. The van der Waals surface area contributed by atoms with Crippen molar-refractivity contribution in [1.82, 2.24) is 9.78 Å². The maximum Gasteiger partial charge on any atom is 0.0959 e. The molecule has 0 amide bonds. The van der Waals surface area contributed by atoms with E-state index in [1.807, 2.05) is 17.7 Å². The standard InChI is InChI=1S/C13H24N2O/c1-5-11(6-2)9-13(16)12-8-10(4)14-15(12)7-3/h8,11,13,16H,5-7,9H2,1-4H3. The van der Waals surface area contributed by atoms with Crippen molar-refractivity contribution >= 4 is 0 Å². The molecule has 0 saturated heterocycles. The van der Waals surface area contributed by atoms with Crippen LogP contribution in [0.3, 0.4) is 0 Å². The molecule has 0 aliphatic carbocycles. The quantitative estimate of drug-likeness (QED) is 0.806. The van der Waals surface area contributed by atoms with E-state index < -0.39 is 0 Å². The zero-order valence-electron chi connectivity index (χ0n) is 10.9. The highest BCUT2D eigenvalue weighted by molar-refractivity contribution is 5.11. The van der Waals surface area contributed by atoms with Gasteiger partial charge in [-0.25, -0.2) is 0 Å². The monoisotopic (exact) mass is 224 g/mol. The van der Waals surface area contributed by atoms with Gasteiger partial charge in [-0.3, -0.25) is 4.68 Å². The van der Waals surface area contributed by atoms with Crippen LogP contribution in [0, 0.1) is 12.8 Å². The van der Waals surface area contributed by atoms with Gasteiger partial charge in [0.25, 0.3) is 0 Å². The van der Waals surface area contributed by atoms with Crippen LogP contribution < -0.4 is 0 Å². The Balaban J connectivity index is 2.74. The first kappa shape index (κ1) is 13.2. The molecule has 1 rings (SSSR count). The number of aromatic nitrogens is 2. The average Bonchev–Trinajstić information content (AvgIpc) is 2.67. The number of aliphatic hydroxyl groups excluding tert-OH is 1. The summed E-state index contributed by atoms with van der Waals surface area (Å²) in [6.07, 6.45) is 2.74. The van der Waals surface area contributed by atoms with Gasteiger partial charge in [-0.1, -0.05) is 26.7 Å². The van der Waals surface area contributed by atoms with Gasteiger partial charge in [-0.15, -0.1) is 0 Å². The minimum Gasteiger partial charge on any atom is -0.387 e. The molecule has 3 nitrogen and oxygen atoms in total. The van der Waals surface area contributed by atoms with E-state index in [9.17, 15) is 5.11 Å². The number of rotatable bonds is 6. The van der Waals surface area contributed by atoms with E-state index in [0.717, 1.165) is 37.2 Å². The second kappa shape index (κ2) is 6.04. The SMILES string of the molecule is CCC(CC)CC(O)c1cc(C)nn1CC. The van der Waals surface area contributed by atoms with Gasteiger partial charge < -0.3 is 5.11 Å². The van der Waals surface area contributed by atoms with Crippen molar-refractivity contribution in [1.29, 1.82) is 0 Å². The molecular formula is C13H24N2O. The summed E-state index contributed by atoms with van der Waals surface area (Å²) in [6, 6.07) is 2.00. The molecule has 1 N–H and O–H groups in total. The molecule has 0 aromatic carbocycles. The summed E-state index contributed by atoms with van der Waals surface area (Å²) in [6.45, 7) is 9.22. The van der Waals surface area contributed by atoms with Crippen molar-refractivity contribution in [3.63, 3.8) is 0 Å². The summed E-state index contributed by atoms with van der Waals surface area (Å²) in [5.41, 5.74) is 1.95. The van der Waals surface area contributed by atoms with Crippen molar-refractivity contribution in [2.24, 2.45) is 5.92 Å². The van der Waals surface area contributed by atoms with Gasteiger partial charge in [0.2, 0.25) is 0 Å². The third kappa shape index (κ3) is 3.08. The lowest BCUT2D eigenvalue weighted by Gasteiger charge is -2.18. The Morgan fingerprint density at radius 2 is 1.94 bits per heavy atom. The number of hydrogen-bond acceptors (Lipinski definition) is 2. The smallest absolute Gasteiger partial charge is 0.0959 e. The summed E-state index contributed by atoms with van der Waals surface area (Å²) in [4.78, 5) is 0. The summed E-state index contributed by atoms with van der Waals surface area (Å²) >= 11 is 0. The lowest BCUT2D eigenvalue weighted by atomic mass is 9.95. The molecule has 1 aromatic heterocycles. The summed E-state index contributed by atoms with van der Waals surface area (Å²) in [7, 11) is 0. The Kier molecular flexibility index (Phi) is 5.00. The second-order valence-corrected chi connectivity index (χ2v) is 4.46. The molecule has 1 aromatic rings. The largest absolute Gasteiger partial charge is 0.387 e.